The molecule has 0 spiro atoms. The number of halogens is 4. The monoisotopic (exact) mass is 548 g/mol. The molecule has 2 bridgehead atoms. The smallest absolute Gasteiger partial charge is 0.345 e. The van der Waals surface area contributed by atoms with Gasteiger partial charge in [-0.3, -0.25) is 14.5 Å². The molecule has 2 amide bonds. The summed E-state index contributed by atoms with van der Waals surface area (Å²) in [5, 5.41) is 5.57. The zero-order valence-corrected chi connectivity index (χ0v) is 21.3. The average molecular weight is 549 g/mol. The van der Waals surface area contributed by atoms with Crippen molar-refractivity contribution in [2.45, 2.75) is 31.2 Å². The van der Waals surface area contributed by atoms with Crippen LogP contribution in [0.2, 0.25) is 0 Å². The summed E-state index contributed by atoms with van der Waals surface area (Å²) in [6, 6.07) is 5.82. The number of rotatable bonds is 6. The summed E-state index contributed by atoms with van der Waals surface area (Å²) in [6.45, 7) is 1.13. The molecular weight excluding hydrogens is 524 g/mol. The van der Waals surface area contributed by atoms with Crippen LogP contribution in [0.4, 0.5) is 28.5 Å². The highest BCUT2D eigenvalue weighted by molar-refractivity contribution is 7.13. The van der Waals surface area contributed by atoms with Crippen LogP contribution in [0, 0.1) is 5.82 Å². The molecule has 0 unspecified atom stereocenters. The Morgan fingerprint density at radius 2 is 1.97 bits per heavy atom. The standard InChI is InChI=1S/C25H24F4N6O2S/c1-33(2)22(36)14-8-15(31-20(9-14)32-24-30-6-7-38-24)11-34-12-17-10-16(34)13-35(17)23(37)18-4-3-5-19(21(18)26)25(27,28)29/h3-9,16-17H,10-13H2,1-2H3,(H,30,31,32)/t16-,17-/m0/s1. The van der Waals surface area contributed by atoms with E-state index >= 15 is 0 Å². The fourth-order valence-corrected chi connectivity index (χ4v) is 5.52. The molecule has 2 fully saturated rings. The number of nitrogens with one attached hydrogen (secondary N) is 1. The number of anilines is 2. The molecule has 3 aromatic rings. The number of nitrogens with zero attached hydrogens (tertiary/aromatic N) is 5. The van der Waals surface area contributed by atoms with E-state index in [1.165, 1.54) is 21.1 Å². The Morgan fingerprint density at radius 3 is 2.61 bits per heavy atom. The van der Waals surface area contributed by atoms with Gasteiger partial charge in [-0.2, -0.15) is 13.2 Å². The lowest BCUT2D eigenvalue weighted by Gasteiger charge is -2.34. The first-order valence-corrected chi connectivity index (χ1v) is 12.7. The van der Waals surface area contributed by atoms with Gasteiger partial charge in [0, 0.05) is 63.0 Å². The molecule has 4 heterocycles. The van der Waals surface area contributed by atoms with Crippen LogP contribution in [0.3, 0.4) is 0 Å². The molecule has 38 heavy (non-hydrogen) atoms. The predicted octanol–water partition coefficient (Wildman–Crippen LogP) is 4.24. The summed E-state index contributed by atoms with van der Waals surface area (Å²) in [5.41, 5.74) is -0.922. The number of likely N-dealkylation sites (tertiary alicyclic amines) is 2. The molecule has 200 valence electrons. The summed E-state index contributed by atoms with van der Waals surface area (Å²) in [6.07, 6.45) is -2.61. The van der Waals surface area contributed by atoms with Crippen molar-refractivity contribution < 1.29 is 27.2 Å². The zero-order valence-electron chi connectivity index (χ0n) is 20.5. The van der Waals surface area contributed by atoms with Crippen molar-refractivity contribution in [3.05, 3.63) is 70.1 Å². The summed E-state index contributed by atoms with van der Waals surface area (Å²) < 4.78 is 54.0. The van der Waals surface area contributed by atoms with Gasteiger partial charge in [0.1, 0.15) is 11.6 Å². The van der Waals surface area contributed by atoms with Crippen LogP contribution >= 0.6 is 11.3 Å². The van der Waals surface area contributed by atoms with Crippen LogP contribution in [0.15, 0.2) is 41.9 Å². The minimum atomic E-state index is -4.88. The van der Waals surface area contributed by atoms with E-state index in [0.717, 1.165) is 12.1 Å². The van der Waals surface area contributed by atoms with Crippen molar-refractivity contribution in [2.75, 3.05) is 32.5 Å². The maximum absolute atomic E-state index is 14.6. The highest BCUT2D eigenvalue weighted by Gasteiger charge is 2.46. The van der Waals surface area contributed by atoms with Gasteiger partial charge < -0.3 is 15.1 Å². The highest BCUT2D eigenvalue weighted by Crippen LogP contribution is 2.36. The van der Waals surface area contributed by atoms with Gasteiger partial charge in [-0.05, 0) is 30.7 Å². The molecule has 8 nitrogen and oxygen atoms in total. The van der Waals surface area contributed by atoms with Gasteiger partial charge >= 0.3 is 6.18 Å². The third-order valence-corrected chi connectivity index (χ3v) is 7.40. The molecule has 2 saturated heterocycles. The lowest BCUT2D eigenvalue weighted by atomic mass is 10.1. The number of benzene rings is 1. The number of pyridine rings is 1. The molecule has 5 rings (SSSR count). The number of piperazine rings is 1. The van der Waals surface area contributed by atoms with Crippen molar-refractivity contribution in [1.29, 1.82) is 0 Å². The van der Waals surface area contributed by atoms with Gasteiger partial charge in [-0.1, -0.05) is 6.07 Å². The molecule has 1 N–H and O–H groups in total. The topological polar surface area (TPSA) is 81.7 Å². The Bertz CT molecular complexity index is 1360. The average Bonchev–Trinajstić information content (AvgIpc) is 3.60. The molecule has 13 heteroatoms. The van der Waals surface area contributed by atoms with E-state index in [4.69, 9.17) is 0 Å². The lowest BCUT2D eigenvalue weighted by Crippen LogP contribution is -2.48. The Labute approximate surface area is 219 Å². The van der Waals surface area contributed by atoms with Crippen LogP contribution in [0.1, 0.15) is 38.4 Å². The van der Waals surface area contributed by atoms with E-state index < -0.39 is 29.0 Å². The molecule has 2 aromatic heterocycles. The van der Waals surface area contributed by atoms with E-state index in [2.05, 4.69) is 20.2 Å². The third kappa shape index (κ3) is 5.07. The van der Waals surface area contributed by atoms with Crippen molar-refractivity contribution in [1.82, 2.24) is 24.7 Å². The van der Waals surface area contributed by atoms with E-state index in [-0.39, 0.29) is 24.5 Å². The first kappa shape index (κ1) is 26.0. The van der Waals surface area contributed by atoms with E-state index in [1.54, 1.807) is 32.4 Å². The Hall–Kier alpha value is -3.58. The highest BCUT2D eigenvalue weighted by atomic mass is 32.1. The number of carbonyl (C=O) groups is 2. The number of hydrogen-bond donors (Lipinski definition) is 1. The fourth-order valence-electron chi connectivity index (χ4n) is 4.98. The van der Waals surface area contributed by atoms with Crippen molar-refractivity contribution >= 4 is 34.1 Å². The van der Waals surface area contributed by atoms with Crippen LogP contribution in [0.5, 0.6) is 0 Å². The minimum absolute atomic E-state index is 0.0665. The number of aromatic nitrogens is 2. The number of carbonyl (C=O) groups excluding carboxylic acids is 2. The summed E-state index contributed by atoms with van der Waals surface area (Å²) in [5.74, 6) is -1.99. The minimum Gasteiger partial charge on any atom is -0.345 e. The quantitative estimate of drug-likeness (QED) is 0.465. The Morgan fingerprint density at radius 1 is 1.18 bits per heavy atom. The number of amides is 2. The predicted molar refractivity (Wildman–Crippen MR) is 133 cm³/mol. The molecular formula is C25H24F4N6O2S. The van der Waals surface area contributed by atoms with Gasteiger partial charge in [-0.15, -0.1) is 11.3 Å². The number of fused-ring (bicyclic) bond motifs is 2. The van der Waals surface area contributed by atoms with Crippen molar-refractivity contribution in [3.63, 3.8) is 0 Å². The largest absolute Gasteiger partial charge is 0.419 e. The van der Waals surface area contributed by atoms with Gasteiger partial charge in [0.2, 0.25) is 0 Å². The number of thiazole rings is 1. The molecule has 1 aromatic carbocycles. The maximum atomic E-state index is 14.6. The SMILES string of the molecule is CN(C)C(=O)c1cc(CN2C[C@@H]3C[C@H]2CN3C(=O)c2cccc(C(F)(F)F)c2F)nc(Nc2nccs2)c1. The van der Waals surface area contributed by atoms with Crippen molar-refractivity contribution in [3.8, 4) is 0 Å². The van der Waals surface area contributed by atoms with E-state index in [9.17, 15) is 27.2 Å². The summed E-state index contributed by atoms with van der Waals surface area (Å²) in [4.78, 5) is 39.6. The molecule has 0 saturated carbocycles. The van der Waals surface area contributed by atoms with Gasteiger partial charge in [-0.25, -0.2) is 14.4 Å². The second kappa shape index (κ2) is 9.95. The summed E-state index contributed by atoms with van der Waals surface area (Å²) in [7, 11) is 3.32. The number of alkyl halides is 3. The van der Waals surface area contributed by atoms with Crippen LogP contribution < -0.4 is 5.32 Å². The second-order valence-electron chi connectivity index (χ2n) is 9.49. The van der Waals surface area contributed by atoms with Crippen LogP contribution in [0.25, 0.3) is 0 Å². The number of hydrogen-bond acceptors (Lipinski definition) is 7. The molecule has 2 aliphatic rings. The molecule has 0 radical (unpaired) electrons. The maximum Gasteiger partial charge on any atom is 0.419 e. The van der Waals surface area contributed by atoms with Crippen LogP contribution in [-0.2, 0) is 12.7 Å². The first-order chi connectivity index (χ1) is 18.0. The Balaban J connectivity index is 1.32. The van der Waals surface area contributed by atoms with Crippen molar-refractivity contribution in [2.24, 2.45) is 0 Å². The molecule has 2 atom stereocenters. The normalized spacial score (nSPS) is 19.2. The van der Waals surface area contributed by atoms with Gasteiger partial charge in [0.05, 0.1) is 16.8 Å². The third-order valence-electron chi connectivity index (χ3n) is 6.71. The Kier molecular flexibility index (Phi) is 6.82. The van der Waals surface area contributed by atoms with Gasteiger partial charge in [0.25, 0.3) is 11.8 Å². The zero-order chi connectivity index (χ0) is 27.2. The second-order valence-corrected chi connectivity index (χ2v) is 10.4. The van der Waals surface area contributed by atoms with E-state index in [1.807, 2.05) is 5.38 Å². The summed E-state index contributed by atoms with van der Waals surface area (Å²) >= 11 is 1.40. The molecule has 2 aliphatic heterocycles. The molecule has 0 aliphatic carbocycles. The first-order valence-electron chi connectivity index (χ1n) is 11.8. The van der Waals surface area contributed by atoms with Gasteiger partial charge in [0.15, 0.2) is 5.13 Å². The lowest BCUT2D eigenvalue weighted by molar-refractivity contribution is -0.140. The fraction of sp³-hybridized carbons (Fsp3) is 0.360. The van der Waals surface area contributed by atoms with E-state index in [0.29, 0.717) is 47.8 Å². The van der Waals surface area contributed by atoms with Crippen LogP contribution in [-0.4, -0.2) is 75.8 Å².